The van der Waals surface area contributed by atoms with Crippen molar-refractivity contribution in [3.63, 3.8) is 0 Å². The monoisotopic (exact) mass is 316 g/mol. The van der Waals surface area contributed by atoms with Gasteiger partial charge in [0.25, 0.3) is 0 Å². The van der Waals surface area contributed by atoms with Crippen molar-refractivity contribution in [2.75, 3.05) is 11.9 Å². The van der Waals surface area contributed by atoms with Crippen LogP contribution in [0.15, 0.2) is 34.7 Å². The first-order chi connectivity index (χ1) is 10.9. The predicted molar refractivity (Wildman–Crippen MR) is 86.0 cm³/mol. The van der Waals surface area contributed by atoms with E-state index in [2.05, 4.69) is 10.6 Å². The van der Waals surface area contributed by atoms with E-state index in [-0.39, 0.29) is 6.54 Å². The number of carbonyl (C=O) groups is 2. The lowest BCUT2D eigenvalue weighted by atomic mass is 10.1. The largest absolute Gasteiger partial charge is 0.464 e. The van der Waals surface area contributed by atoms with Crippen molar-refractivity contribution in [2.45, 2.75) is 26.9 Å². The van der Waals surface area contributed by atoms with Gasteiger partial charge in [0, 0.05) is 5.69 Å². The molecular weight excluding hydrogens is 296 g/mol. The van der Waals surface area contributed by atoms with Gasteiger partial charge in [0.2, 0.25) is 0 Å². The number of furan rings is 1. The second kappa shape index (κ2) is 7.11. The van der Waals surface area contributed by atoms with Crippen LogP contribution in [0.25, 0.3) is 0 Å². The lowest BCUT2D eigenvalue weighted by molar-refractivity contribution is -0.136. The highest BCUT2D eigenvalue weighted by atomic mass is 16.4. The highest BCUT2D eigenvalue weighted by Gasteiger charge is 2.17. The lowest BCUT2D eigenvalue weighted by Crippen LogP contribution is -2.37. The molecule has 23 heavy (non-hydrogen) atoms. The molecule has 0 saturated heterocycles. The third-order valence-electron chi connectivity index (χ3n) is 3.52. The maximum atomic E-state index is 11.8. The van der Waals surface area contributed by atoms with Crippen LogP contribution in [0.5, 0.6) is 0 Å². The molecule has 2 aromatic rings. The number of benzene rings is 1. The molecule has 0 saturated carbocycles. The van der Waals surface area contributed by atoms with Gasteiger partial charge in [-0.3, -0.25) is 9.59 Å². The summed E-state index contributed by atoms with van der Waals surface area (Å²) in [5.74, 6) is -0.586. The molecule has 3 N–H and O–H groups in total. The Hall–Kier alpha value is -2.60. The molecule has 1 aromatic heterocycles. The number of hydrogen-bond acceptors (Lipinski definition) is 4. The minimum atomic E-state index is -0.998. The number of nitrogens with one attached hydrogen (secondary N) is 2. The minimum absolute atomic E-state index is 0.105. The number of carbonyl (C=O) groups excluding carboxylic acids is 2. The third kappa shape index (κ3) is 4.43. The van der Waals surface area contributed by atoms with Crippen LogP contribution in [0.1, 0.15) is 28.8 Å². The van der Waals surface area contributed by atoms with Crippen molar-refractivity contribution < 1.29 is 19.1 Å². The van der Waals surface area contributed by atoms with Crippen molar-refractivity contribution in [3.8, 4) is 0 Å². The molecule has 1 atom stereocenters. The molecule has 0 spiro atoms. The van der Waals surface area contributed by atoms with Crippen LogP contribution in [0.4, 0.5) is 5.69 Å². The van der Waals surface area contributed by atoms with Crippen LogP contribution in [0, 0.1) is 20.8 Å². The van der Waals surface area contributed by atoms with Gasteiger partial charge in [0.1, 0.15) is 17.6 Å². The van der Waals surface area contributed by atoms with E-state index in [1.165, 1.54) is 0 Å². The molecule has 0 aliphatic rings. The molecule has 0 fully saturated rings. The SMILES string of the molecule is Cc1ccc(C(O)CNC(=O)C(=O)Nc2ccc(C)c(C)c2)o1. The van der Waals surface area contributed by atoms with Crippen molar-refractivity contribution in [1.29, 1.82) is 0 Å². The summed E-state index contributed by atoms with van der Waals surface area (Å²) < 4.78 is 5.26. The summed E-state index contributed by atoms with van der Waals surface area (Å²) in [7, 11) is 0. The molecule has 6 heteroatoms. The van der Waals surface area contributed by atoms with Gasteiger partial charge in [-0.25, -0.2) is 0 Å². The van der Waals surface area contributed by atoms with Gasteiger partial charge in [-0.05, 0) is 56.2 Å². The smallest absolute Gasteiger partial charge is 0.313 e. The Morgan fingerprint density at radius 3 is 2.43 bits per heavy atom. The van der Waals surface area contributed by atoms with Crippen molar-refractivity contribution in [2.24, 2.45) is 0 Å². The van der Waals surface area contributed by atoms with Gasteiger partial charge in [-0.2, -0.15) is 0 Å². The lowest BCUT2D eigenvalue weighted by Gasteiger charge is -2.10. The summed E-state index contributed by atoms with van der Waals surface area (Å²) in [6.45, 7) is 5.54. The molecule has 1 unspecified atom stereocenters. The Bertz CT molecular complexity index is 721. The van der Waals surface area contributed by atoms with Crippen molar-refractivity contribution >= 4 is 17.5 Å². The number of aryl methyl sites for hydroxylation is 3. The van der Waals surface area contributed by atoms with Gasteiger partial charge < -0.3 is 20.2 Å². The van der Waals surface area contributed by atoms with Gasteiger partial charge >= 0.3 is 11.8 Å². The summed E-state index contributed by atoms with van der Waals surface area (Å²) >= 11 is 0. The summed E-state index contributed by atoms with van der Waals surface area (Å²) in [5, 5.41) is 14.8. The fraction of sp³-hybridized carbons (Fsp3) is 0.294. The second-order valence-corrected chi connectivity index (χ2v) is 5.43. The van der Waals surface area contributed by atoms with Gasteiger partial charge in [-0.1, -0.05) is 6.07 Å². The Morgan fingerprint density at radius 2 is 1.83 bits per heavy atom. The Morgan fingerprint density at radius 1 is 1.09 bits per heavy atom. The topological polar surface area (TPSA) is 91.6 Å². The zero-order chi connectivity index (χ0) is 17.0. The number of hydrogen-bond donors (Lipinski definition) is 3. The van der Waals surface area contributed by atoms with E-state index in [0.717, 1.165) is 11.1 Å². The second-order valence-electron chi connectivity index (χ2n) is 5.43. The zero-order valence-corrected chi connectivity index (χ0v) is 13.3. The molecule has 0 aliphatic heterocycles. The molecule has 0 aliphatic carbocycles. The average molecular weight is 316 g/mol. The molecule has 0 bridgehead atoms. The molecule has 1 heterocycles. The number of aliphatic hydroxyl groups is 1. The Labute approximate surface area is 134 Å². The Balaban J connectivity index is 1.87. The molecule has 2 rings (SSSR count). The number of amides is 2. The number of rotatable bonds is 4. The highest BCUT2D eigenvalue weighted by Crippen LogP contribution is 2.15. The van der Waals surface area contributed by atoms with Gasteiger partial charge in [0.15, 0.2) is 0 Å². The van der Waals surface area contributed by atoms with E-state index >= 15 is 0 Å². The summed E-state index contributed by atoms with van der Waals surface area (Å²) in [4.78, 5) is 23.6. The normalized spacial score (nSPS) is 11.8. The van der Waals surface area contributed by atoms with E-state index in [1.54, 1.807) is 31.2 Å². The van der Waals surface area contributed by atoms with E-state index in [4.69, 9.17) is 4.42 Å². The predicted octanol–water partition coefficient (Wildman–Crippen LogP) is 1.99. The van der Waals surface area contributed by atoms with Gasteiger partial charge in [0.05, 0.1) is 6.54 Å². The third-order valence-corrected chi connectivity index (χ3v) is 3.52. The van der Waals surface area contributed by atoms with E-state index in [1.807, 2.05) is 19.9 Å². The van der Waals surface area contributed by atoms with Crippen LogP contribution in [0.2, 0.25) is 0 Å². The van der Waals surface area contributed by atoms with E-state index in [0.29, 0.717) is 17.2 Å². The molecule has 2 amide bonds. The van der Waals surface area contributed by atoms with E-state index < -0.39 is 17.9 Å². The fourth-order valence-electron chi connectivity index (χ4n) is 2.01. The first-order valence-corrected chi connectivity index (χ1v) is 7.27. The van der Waals surface area contributed by atoms with Crippen molar-refractivity contribution in [3.05, 3.63) is 53.0 Å². The molecule has 122 valence electrons. The minimum Gasteiger partial charge on any atom is -0.464 e. The van der Waals surface area contributed by atoms with Gasteiger partial charge in [-0.15, -0.1) is 0 Å². The molecule has 1 aromatic carbocycles. The average Bonchev–Trinajstić information content (AvgIpc) is 2.94. The number of aliphatic hydroxyl groups excluding tert-OH is 1. The first-order valence-electron chi connectivity index (χ1n) is 7.27. The maximum absolute atomic E-state index is 11.8. The zero-order valence-electron chi connectivity index (χ0n) is 13.3. The van der Waals surface area contributed by atoms with Crippen LogP contribution < -0.4 is 10.6 Å². The van der Waals surface area contributed by atoms with E-state index in [9.17, 15) is 14.7 Å². The Kier molecular flexibility index (Phi) is 5.18. The first kappa shape index (κ1) is 16.8. The van der Waals surface area contributed by atoms with Crippen LogP contribution in [0.3, 0.4) is 0 Å². The molecule has 0 radical (unpaired) electrons. The fourth-order valence-corrected chi connectivity index (χ4v) is 2.01. The number of anilines is 1. The molecular formula is C17H20N2O4. The standard InChI is InChI=1S/C17H20N2O4/c1-10-4-6-13(8-11(10)2)19-17(22)16(21)18-9-14(20)15-7-5-12(3)23-15/h4-8,14,20H,9H2,1-3H3,(H,18,21)(H,19,22). The summed E-state index contributed by atoms with van der Waals surface area (Å²) in [6, 6.07) is 8.73. The van der Waals surface area contributed by atoms with Crippen LogP contribution in [-0.2, 0) is 9.59 Å². The summed E-state index contributed by atoms with van der Waals surface area (Å²) in [5.41, 5.74) is 2.67. The summed E-state index contributed by atoms with van der Waals surface area (Å²) in [6.07, 6.45) is -0.998. The van der Waals surface area contributed by atoms with Crippen LogP contribution >= 0.6 is 0 Å². The van der Waals surface area contributed by atoms with Crippen LogP contribution in [-0.4, -0.2) is 23.5 Å². The van der Waals surface area contributed by atoms with Crippen molar-refractivity contribution in [1.82, 2.24) is 5.32 Å². The highest BCUT2D eigenvalue weighted by molar-refractivity contribution is 6.39. The molecule has 6 nitrogen and oxygen atoms in total. The quantitative estimate of drug-likeness (QED) is 0.752. The maximum Gasteiger partial charge on any atom is 0.313 e.